The summed E-state index contributed by atoms with van der Waals surface area (Å²) in [5.74, 6) is 0.790. The molecule has 1 aliphatic heterocycles. The van der Waals surface area contributed by atoms with Gasteiger partial charge in [0.1, 0.15) is 10.7 Å². The molecule has 2 heterocycles. The van der Waals surface area contributed by atoms with Crippen LogP contribution in [0.4, 0.5) is 5.00 Å². The lowest BCUT2D eigenvalue weighted by molar-refractivity contribution is 0.105. The Bertz CT molecular complexity index is 352. The van der Waals surface area contributed by atoms with Crippen molar-refractivity contribution in [3.63, 3.8) is 0 Å². The second-order valence-corrected chi connectivity index (χ2v) is 5.66. The molecule has 4 nitrogen and oxygen atoms in total. The fourth-order valence-electron chi connectivity index (χ4n) is 2.44. The first-order chi connectivity index (χ1) is 8.22. The minimum absolute atomic E-state index is 0.653. The number of rotatable bonds is 4. The van der Waals surface area contributed by atoms with E-state index in [1.807, 2.05) is 0 Å². The maximum absolute atomic E-state index is 4.25. The number of nitrogens with zero attached hydrogens (tertiary/aromatic N) is 3. The molecule has 96 valence electrons. The first-order valence-electron chi connectivity index (χ1n) is 6.51. The third kappa shape index (κ3) is 2.96. The van der Waals surface area contributed by atoms with Gasteiger partial charge < -0.3 is 5.32 Å². The summed E-state index contributed by atoms with van der Waals surface area (Å²) in [6, 6.07) is 0.653. The van der Waals surface area contributed by atoms with E-state index in [-0.39, 0.29) is 0 Å². The van der Waals surface area contributed by atoms with Crippen molar-refractivity contribution in [2.45, 2.75) is 46.2 Å². The predicted octanol–water partition coefficient (Wildman–Crippen LogP) is 2.59. The molecule has 1 saturated heterocycles. The molecule has 0 amide bonds. The van der Waals surface area contributed by atoms with Crippen LogP contribution in [0.15, 0.2) is 0 Å². The number of hydrogen-bond acceptors (Lipinski definition) is 5. The van der Waals surface area contributed by atoms with Gasteiger partial charge in [0.15, 0.2) is 0 Å². The van der Waals surface area contributed by atoms with Crippen molar-refractivity contribution in [1.82, 2.24) is 14.5 Å². The highest BCUT2D eigenvalue weighted by Crippen LogP contribution is 2.26. The average Bonchev–Trinajstić information content (AvgIpc) is 2.73. The van der Waals surface area contributed by atoms with Crippen molar-refractivity contribution in [1.29, 1.82) is 0 Å². The van der Waals surface area contributed by atoms with Crippen LogP contribution in [-0.2, 0) is 6.54 Å². The zero-order chi connectivity index (χ0) is 12.3. The maximum atomic E-state index is 4.25. The number of anilines is 1. The number of hydrogen-bond donors (Lipinski definition) is 1. The summed E-state index contributed by atoms with van der Waals surface area (Å²) in [7, 11) is 0. The molecule has 2 unspecified atom stereocenters. The van der Waals surface area contributed by atoms with E-state index >= 15 is 0 Å². The van der Waals surface area contributed by atoms with Crippen molar-refractivity contribution in [2.24, 2.45) is 5.92 Å². The van der Waals surface area contributed by atoms with Crippen LogP contribution in [0, 0.1) is 5.92 Å². The molecule has 1 aromatic heterocycles. The standard InChI is InChI=1S/C12H22N4S/c1-4-13-12-11(14-15-17-12)8-16-7-5-6-9(2)10(16)3/h9-10,13H,4-8H2,1-3H3. The topological polar surface area (TPSA) is 41.1 Å². The highest BCUT2D eigenvalue weighted by molar-refractivity contribution is 7.10. The second-order valence-electron chi connectivity index (χ2n) is 4.91. The Balaban J connectivity index is 2.01. The van der Waals surface area contributed by atoms with E-state index in [0.717, 1.165) is 29.7 Å². The van der Waals surface area contributed by atoms with Gasteiger partial charge in [0.25, 0.3) is 0 Å². The third-order valence-electron chi connectivity index (χ3n) is 3.75. The molecule has 2 atom stereocenters. The summed E-state index contributed by atoms with van der Waals surface area (Å²) in [6.07, 6.45) is 2.66. The highest BCUT2D eigenvalue weighted by atomic mass is 32.1. The van der Waals surface area contributed by atoms with Crippen LogP contribution in [0.2, 0.25) is 0 Å². The average molecular weight is 254 g/mol. The van der Waals surface area contributed by atoms with Crippen molar-refractivity contribution in [2.75, 3.05) is 18.4 Å². The predicted molar refractivity (Wildman–Crippen MR) is 72.3 cm³/mol. The Labute approximate surface area is 108 Å². The van der Waals surface area contributed by atoms with E-state index in [1.54, 1.807) is 0 Å². The lowest BCUT2D eigenvalue weighted by atomic mass is 9.92. The monoisotopic (exact) mass is 254 g/mol. The van der Waals surface area contributed by atoms with Gasteiger partial charge in [0.05, 0.1) is 0 Å². The van der Waals surface area contributed by atoms with E-state index in [1.165, 1.54) is 30.9 Å². The van der Waals surface area contributed by atoms with Gasteiger partial charge in [-0.25, -0.2) is 0 Å². The first-order valence-corrected chi connectivity index (χ1v) is 7.28. The number of nitrogens with one attached hydrogen (secondary N) is 1. The van der Waals surface area contributed by atoms with E-state index in [0.29, 0.717) is 6.04 Å². The van der Waals surface area contributed by atoms with E-state index < -0.39 is 0 Å². The third-order valence-corrected chi connectivity index (χ3v) is 4.48. The molecular formula is C12H22N4S. The largest absolute Gasteiger partial charge is 0.374 e. The van der Waals surface area contributed by atoms with E-state index in [2.05, 4.69) is 40.6 Å². The highest BCUT2D eigenvalue weighted by Gasteiger charge is 2.25. The summed E-state index contributed by atoms with van der Waals surface area (Å²) >= 11 is 1.47. The lowest BCUT2D eigenvalue weighted by Crippen LogP contribution is -2.41. The van der Waals surface area contributed by atoms with Crippen LogP contribution in [0.3, 0.4) is 0 Å². The molecule has 1 fully saturated rings. The van der Waals surface area contributed by atoms with Gasteiger partial charge in [-0.1, -0.05) is 11.4 Å². The Morgan fingerprint density at radius 2 is 2.29 bits per heavy atom. The zero-order valence-electron chi connectivity index (χ0n) is 10.9. The van der Waals surface area contributed by atoms with Gasteiger partial charge in [-0.05, 0) is 39.2 Å². The quantitative estimate of drug-likeness (QED) is 0.896. The number of piperidine rings is 1. The van der Waals surface area contributed by atoms with Crippen LogP contribution in [-0.4, -0.2) is 33.6 Å². The molecule has 1 aromatic rings. The lowest BCUT2D eigenvalue weighted by Gasteiger charge is -2.37. The molecule has 17 heavy (non-hydrogen) atoms. The molecule has 0 bridgehead atoms. The minimum atomic E-state index is 0.653. The van der Waals surface area contributed by atoms with Crippen molar-refractivity contribution in [3.05, 3.63) is 5.69 Å². The molecule has 0 spiro atoms. The normalized spacial score (nSPS) is 26.1. The number of likely N-dealkylation sites (tertiary alicyclic amines) is 1. The van der Waals surface area contributed by atoms with Crippen LogP contribution < -0.4 is 5.32 Å². The van der Waals surface area contributed by atoms with Crippen molar-refractivity contribution in [3.8, 4) is 0 Å². The SMILES string of the molecule is CCNc1snnc1CN1CCCC(C)C1C. The molecule has 1 N–H and O–H groups in total. The van der Waals surface area contributed by atoms with Gasteiger partial charge in [-0.3, -0.25) is 4.90 Å². The van der Waals surface area contributed by atoms with E-state index in [9.17, 15) is 0 Å². The van der Waals surface area contributed by atoms with Gasteiger partial charge in [-0.2, -0.15) is 0 Å². The fourth-order valence-corrected chi connectivity index (χ4v) is 3.08. The van der Waals surface area contributed by atoms with Gasteiger partial charge >= 0.3 is 0 Å². The fraction of sp³-hybridized carbons (Fsp3) is 0.833. The second kappa shape index (κ2) is 5.78. The summed E-state index contributed by atoms with van der Waals surface area (Å²) in [5, 5.41) is 8.73. The Morgan fingerprint density at radius 1 is 1.47 bits per heavy atom. The maximum Gasteiger partial charge on any atom is 0.134 e. The summed E-state index contributed by atoms with van der Waals surface area (Å²) < 4.78 is 4.05. The molecule has 2 rings (SSSR count). The zero-order valence-corrected chi connectivity index (χ0v) is 11.8. The summed E-state index contributed by atoms with van der Waals surface area (Å²) in [4.78, 5) is 2.53. The Morgan fingerprint density at radius 3 is 3.06 bits per heavy atom. The molecule has 0 radical (unpaired) electrons. The van der Waals surface area contributed by atoms with Gasteiger partial charge in [-0.15, -0.1) is 5.10 Å². The van der Waals surface area contributed by atoms with E-state index in [4.69, 9.17) is 0 Å². The van der Waals surface area contributed by atoms with Gasteiger partial charge in [0, 0.05) is 30.7 Å². The summed E-state index contributed by atoms with van der Waals surface area (Å²) in [6.45, 7) is 9.84. The van der Waals surface area contributed by atoms with Crippen LogP contribution in [0.25, 0.3) is 0 Å². The summed E-state index contributed by atoms with van der Waals surface area (Å²) in [5.41, 5.74) is 1.11. The molecule has 0 aliphatic carbocycles. The first kappa shape index (κ1) is 12.8. The molecule has 0 aromatic carbocycles. The van der Waals surface area contributed by atoms with Gasteiger partial charge in [0.2, 0.25) is 0 Å². The minimum Gasteiger partial charge on any atom is -0.374 e. The Kier molecular flexibility index (Phi) is 4.34. The Hall–Kier alpha value is -0.680. The molecular weight excluding hydrogens is 232 g/mol. The molecule has 5 heteroatoms. The van der Waals surface area contributed by atoms with Crippen molar-refractivity contribution >= 4 is 16.5 Å². The van der Waals surface area contributed by atoms with Crippen LogP contribution in [0.5, 0.6) is 0 Å². The van der Waals surface area contributed by atoms with Crippen molar-refractivity contribution < 1.29 is 0 Å². The van der Waals surface area contributed by atoms with Crippen LogP contribution in [0.1, 0.15) is 39.3 Å². The number of aromatic nitrogens is 2. The van der Waals surface area contributed by atoms with Crippen LogP contribution >= 0.6 is 11.5 Å². The molecule has 1 aliphatic rings. The smallest absolute Gasteiger partial charge is 0.134 e. The molecule has 0 saturated carbocycles.